The number of piperazine rings is 1. The summed E-state index contributed by atoms with van der Waals surface area (Å²) in [6.07, 6.45) is 3.33. The maximum absolute atomic E-state index is 13.4. The Bertz CT molecular complexity index is 1010. The van der Waals surface area contributed by atoms with Crippen LogP contribution in [0.4, 0.5) is 5.82 Å². The summed E-state index contributed by atoms with van der Waals surface area (Å²) in [5, 5.41) is 6.12. The number of unbranched alkanes of at least 4 members (excludes halogenated alkanes) is 1. The van der Waals surface area contributed by atoms with Gasteiger partial charge in [0.1, 0.15) is 17.0 Å². The monoisotopic (exact) mass is 497 g/mol. The fourth-order valence-corrected chi connectivity index (χ4v) is 4.15. The first-order valence-electron chi connectivity index (χ1n) is 11.9. The second kappa shape index (κ2) is 13.5. The topological polar surface area (TPSA) is 94.6 Å². The number of amides is 3. The van der Waals surface area contributed by atoms with Crippen molar-refractivity contribution in [1.82, 2.24) is 20.5 Å². The van der Waals surface area contributed by atoms with E-state index in [1.165, 1.54) is 6.08 Å². The molecule has 3 amide bonds. The molecule has 9 heteroatoms. The van der Waals surface area contributed by atoms with E-state index < -0.39 is 6.04 Å². The molecule has 2 N–H and O–H groups in total. The van der Waals surface area contributed by atoms with Gasteiger partial charge in [0.2, 0.25) is 17.7 Å². The number of anilines is 1. The van der Waals surface area contributed by atoms with Crippen molar-refractivity contribution in [2.45, 2.75) is 31.7 Å². The molecule has 186 valence electrons. The van der Waals surface area contributed by atoms with Crippen LogP contribution in [0.5, 0.6) is 0 Å². The molecule has 0 aliphatic carbocycles. The predicted octanol–water partition coefficient (Wildman–Crippen LogP) is 2.58. The molecule has 1 fully saturated rings. The number of nitrogens with one attached hydrogen (secondary N) is 2. The molecule has 1 aliphatic rings. The first-order chi connectivity index (χ1) is 17.0. The SMILES string of the molecule is C=CC(=O)NCCCC[C@H](NC(=O)Cc1ccccc1)C(=O)N1CCN(c2cccc(Cl)n2)CC1. The average molecular weight is 498 g/mol. The second-order valence-electron chi connectivity index (χ2n) is 8.40. The number of pyridine rings is 1. The van der Waals surface area contributed by atoms with Crippen molar-refractivity contribution in [3.05, 3.63) is 71.9 Å². The quantitative estimate of drug-likeness (QED) is 0.283. The molecule has 2 heterocycles. The lowest BCUT2D eigenvalue weighted by Gasteiger charge is -2.37. The Hall–Kier alpha value is -3.39. The van der Waals surface area contributed by atoms with Gasteiger partial charge in [0.05, 0.1) is 6.42 Å². The molecule has 35 heavy (non-hydrogen) atoms. The van der Waals surface area contributed by atoms with E-state index in [4.69, 9.17) is 11.6 Å². The maximum atomic E-state index is 13.4. The van der Waals surface area contributed by atoms with E-state index in [-0.39, 0.29) is 24.1 Å². The molecule has 8 nitrogen and oxygen atoms in total. The predicted molar refractivity (Wildman–Crippen MR) is 137 cm³/mol. The molecular weight excluding hydrogens is 466 g/mol. The molecule has 1 aliphatic heterocycles. The highest BCUT2D eigenvalue weighted by Crippen LogP contribution is 2.17. The van der Waals surface area contributed by atoms with Crippen molar-refractivity contribution >= 4 is 35.1 Å². The van der Waals surface area contributed by atoms with E-state index in [2.05, 4.69) is 27.1 Å². The van der Waals surface area contributed by atoms with Gasteiger partial charge in [-0.3, -0.25) is 14.4 Å². The minimum absolute atomic E-state index is 0.0831. The standard InChI is InChI=1S/C26H32ClN5O3/c1-2-24(33)28-14-7-6-11-21(29-25(34)19-20-9-4-3-5-10-20)26(35)32-17-15-31(16-18-32)23-13-8-12-22(27)30-23/h2-5,8-10,12-13,21H,1,6-7,11,14-19H2,(H,28,33)(H,29,34)/t21-/m0/s1. The molecule has 1 aromatic carbocycles. The summed E-state index contributed by atoms with van der Waals surface area (Å²) in [4.78, 5) is 45.7. The van der Waals surface area contributed by atoms with Gasteiger partial charge in [0.15, 0.2) is 0 Å². The molecule has 0 unspecified atom stereocenters. The van der Waals surface area contributed by atoms with Gasteiger partial charge in [0, 0.05) is 32.7 Å². The Labute approximate surface area is 211 Å². The van der Waals surface area contributed by atoms with Gasteiger partial charge >= 0.3 is 0 Å². The van der Waals surface area contributed by atoms with Gasteiger partial charge in [-0.2, -0.15) is 0 Å². The number of halogens is 1. The summed E-state index contributed by atoms with van der Waals surface area (Å²) in [7, 11) is 0. The van der Waals surface area contributed by atoms with E-state index in [1.807, 2.05) is 42.5 Å². The van der Waals surface area contributed by atoms with Crippen LogP contribution < -0.4 is 15.5 Å². The summed E-state index contributed by atoms with van der Waals surface area (Å²) in [6, 6.07) is 14.3. The third-order valence-electron chi connectivity index (χ3n) is 5.86. The molecule has 1 atom stereocenters. The van der Waals surface area contributed by atoms with E-state index in [0.29, 0.717) is 57.1 Å². The first kappa shape index (κ1) is 26.2. The number of benzene rings is 1. The summed E-state index contributed by atoms with van der Waals surface area (Å²) in [5.41, 5.74) is 0.894. The van der Waals surface area contributed by atoms with Crippen LogP contribution >= 0.6 is 11.6 Å². The number of nitrogens with zero attached hydrogens (tertiary/aromatic N) is 3. The minimum atomic E-state index is -0.614. The van der Waals surface area contributed by atoms with Crippen LogP contribution in [0.15, 0.2) is 61.2 Å². The molecule has 1 saturated heterocycles. The lowest BCUT2D eigenvalue weighted by molar-refractivity contribution is -0.136. The zero-order valence-electron chi connectivity index (χ0n) is 19.8. The summed E-state index contributed by atoms with van der Waals surface area (Å²) < 4.78 is 0. The minimum Gasteiger partial charge on any atom is -0.353 e. The Balaban J connectivity index is 1.57. The number of aromatic nitrogens is 1. The summed E-state index contributed by atoms with van der Waals surface area (Å²) >= 11 is 6.02. The van der Waals surface area contributed by atoms with E-state index >= 15 is 0 Å². The summed E-state index contributed by atoms with van der Waals surface area (Å²) in [6.45, 7) is 6.27. The zero-order valence-corrected chi connectivity index (χ0v) is 20.5. The fourth-order valence-electron chi connectivity index (χ4n) is 3.99. The lowest BCUT2D eigenvalue weighted by atomic mass is 10.1. The van der Waals surface area contributed by atoms with Gasteiger partial charge in [-0.25, -0.2) is 4.98 Å². The van der Waals surface area contributed by atoms with Gasteiger partial charge in [-0.15, -0.1) is 0 Å². The van der Waals surface area contributed by atoms with Crippen molar-refractivity contribution < 1.29 is 14.4 Å². The molecule has 0 bridgehead atoms. The van der Waals surface area contributed by atoms with Crippen molar-refractivity contribution in [2.24, 2.45) is 0 Å². The Morgan fingerprint density at radius 2 is 1.77 bits per heavy atom. The summed E-state index contributed by atoms with van der Waals surface area (Å²) in [5.74, 6) is 0.302. The van der Waals surface area contributed by atoms with Crippen LogP contribution in [0.25, 0.3) is 0 Å². The highest BCUT2D eigenvalue weighted by Gasteiger charge is 2.28. The van der Waals surface area contributed by atoms with Gasteiger partial charge in [0.25, 0.3) is 0 Å². The fraction of sp³-hybridized carbons (Fsp3) is 0.385. The zero-order chi connectivity index (χ0) is 25.0. The maximum Gasteiger partial charge on any atom is 0.245 e. The van der Waals surface area contributed by atoms with Crippen LogP contribution in [0, 0.1) is 0 Å². The van der Waals surface area contributed by atoms with Crippen LogP contribution in [0.1, 0.15) is 24.8 Å². The highest BCUT2D eigenvalue weighted by atomic mass is 35.5. The van der Waals surface area contributed by atoms with E-state index in [0.717, 1.165) is 11.4 Å². The smallest absolute Gasteiger partial charge is 0.245 e. The molecule has 2 aromatic rings. The number of rotatable bonds is 11. The largest absolute Gasteiger partial charge is 0.353 e. The average Bonchev–Trinajstić information content (AvgIpc) is 2.88. The second-order valence-corrected chi connectivity index (χ2v) is 8.79. The van der Waals surface area contributed by atoms with Gasteiger partial charge < -0.3 is 20.4 Å². The van der Waals surface area contributed by atoms with Crippen molar-refractivity contribution in [2.75, 3.05) is 37.6 Å². The van der Waals surface area contributed by atoms with E-state index in [9.17, 15) is 14.4 Å². The molecule has 3 rings (SSSR count). The highest BCUT2D eigenvalue weighted by molar-refractivity contribution is 6.29. The van der Waals surface area contributed by atoms with Gasteiger partial charge in [-0.05, 0) is 43.0 Å². The third-order valence-corrected chi connectivity index (χ3v) is 6.07. The van der Waals surface area contributed by atoms with Crippen molar-refractivity contribution in [3.8, 4) is 0 Å². The normalized spacial score (nSPS) is 14.2. The van der Waals surface area contributed by atoms with E-state index in [1.54, 1.807) is 11.0 Å². The Morgan fingerprint density at radius 1 is 1.03 bits per heavy atom. The number of carbonyl (C=O) groups excluding carboxylic acids is 3. The van der Waals surface area contributed by atoms with Gasteiger partial charge in [-0.1, -0.05) is 54.6 Å². The Kier molecular flexibility index (Phi) is 10.1. The van der Waals surface area contributed by atoms with Crippen LogP contribution in [0.3, 0.4) is 0 Å². The number of carbonyl (C=O) groups is 3. The molecular formula is C26H32ClN5O3. The molecule has 0 spiro atoms. The number of hydrogen-bond donors (Lipinski definition) is 2. The van der Waals surface area contributed by atoms with Crippen LogP contribution in [-0.4, -0.2) is 66.4 Å². The molecule has 1 aromatic heterocycles. The van der Waals surface area contributed by atoms with Crippen LogP contribution in [-0.2, 0) is 20.8 Å². The first-order valence-corrected chi connectivity index (χ1v) is 12.2. The van der Waals surface area contributed by atoms with Crippen LogP contribution in [0.2, 0.25) is 5.15 Å². The third kappa shape index (κ3) is 8.40. The molecule has 0 saturated carbocycles. The van der Waals surface area contributed by atoms with Crippen molar-refractivity contribution in [1.29, 1.82) is 0 Å². The van der Waals surface area contributed by atoms with Crippen molar-refractivity contribution in [3.63, 3.8) is 0 Å². The lowest BCUT2D eigenvalue weighted by Crippen LogP contribution is -2.55. The molecule has 0 radical (unpaired) electrons. The number of hydrogen-bond acceptors (Lipinski definition) is 5. The Morgan fingerprint density at radius 3 is 2.46 bits per heavy atom.